The van der Waals surface area contributed by atoms with E-state index in [1.807, 2.05) is 0 Å². The van der Waals surface area contributed by atoms with Gasteiger partial charge in [-0.2, -0.15) is 0 Å². The summed E-state index contributed by atoms with van der Waals surface area (Å²) in [6.45, 7) is 1.07. The van der Waals surface area contributed by atoms with Gasteiger partial charge in [-0.05, 0) is 12.8 Å². The molecule has 2 aliphatic heterocycles. The summed E-state index contributed by atoms with van der Waals surface area (Å²) in [6.07, 6.45) is 1.94. The lowest BCUT2D eigenvalue weighted by Gasteiger charge is -2.40. The van der Waals surface area contributed by atoms with Gasteiger partial charge in [-0.1, -0.05) is 6.42 Å². The minimum atomic E-state index is -3.22. The molecule has 1 atom stereocenters. The predicted molar refractivity (Wildman–Crippen MR) is 58.6 cm³/mol. The van der Waals surface area contributed by atoms with E-state index < -0.39 is 15.1 Å². The Kier molecular flexibility index (Phi) is 3.21. The van der Waals surface area contributed by atoms with Crippen LogP contribution in [0.25, 0.3) is 0 Å². The van der Waals surface area contributed by atoms with Crippen LogP contribution in [0, 0.1) is 5.92 Å². The Morgan fingerprint density at radius 3 is 2.56 bits per heavy atom. The number of carbonyl (C=O) groups is 1. The van der Waals surface area contributed by atoms with Gasteiger partial charge in [0.2, 0.25) is 5.91 Å². The second-order valence-corrected chi connectivity index (χ2v) is 6.95. The molecule has 2 rings (SSSR count). The maximum absolute atomic E-state index is 11.9. The Morgan fingerprint density at radius 1 is 1.31 bits per heavy atom. The van der Waals surface area contributed by atoms with E-state index >= 15 is 0 Å². The van der Waals surface area contributed by atoms with Crippen molar-refractivity contribution in [2.45, 2.75) is 24.5 Å². The number of sulfone groups is 1. The number of amides is 1. The highest BCUT2D eigenvalue weighted by Gasteiger charge is 2.41. The van der Waals surface area contributed by atoms with Gasteiger partial charge in [0, 0.05) is 25.6 Å². The van der Waals surface area contributed by atoms with Gasteiger partial charge in [0.05, 0.1) is 5.75 Å². The summed E-state index contributed by atoms with van der Waals surface area (Å²) >= 11 is 0. The number of aliphatic hydroxyl groups excluding tert-OH is 1. The summed E-state index contributed by atoms with van der Waals surface area (Å²) in [7, 11) is -3.22. The quantitative estimate of drug-likeness (QED) is 0.707. The van der Waals surface area contributed by atoms with E-state index in [1.54, 1.807) is 4.90 Å². The van der Waals surface area contributed by atoms with Crippen molar-refractivity contribution in [2.24, 2.45) is 5.92 Å². The lowest BCUT2D eigenvalue weighted by Crippen LogP contribution is -2.56. The van der Waals surface area contributed by atoms with Crippen LogP contribution in [0.15, 0.2) is 0 Å². The van der Waals surface area contributed by atoms with E-state index in [1.165, 1.54) is 0 Å². The zero-order valence-corrected chi connectivity index (χ0v) is 9.95. The molecule has 0 aromatic rings. The van der Waals surface area contributed by atoms with Crippen molar-refractivity contribution in [1.29, 1.82) is 0 Å². The molecule has 16 heavy (non-hydrogen) atoms. The van der Waals surface area contributed by atoms with Gasteiger partial charge in [0.1, 0.15) is 5.25 Å². The van der Waals surface area contributed by atoms with Crippen LogP contribution in [0.3, 0.4) is 0 Å². The van der Waals surface area contributed by atoms with Gasteiger partial charge in [0.25, 0.3) is 0 Å². The fraction of sp³-hybridized carbons (Fsp3) is 0.900. The highest BCUT2D eigenvalue weighted by atomic mass is 32.2. The molecule has 92 valence electrons. The van der Waals surface area contributed by atoms with Crippen molar-refractivity contribution in [1.82, 2.24) is 4.90 Å². The van der Waals surface area contributed by atoms with Crippen LogP contribution < -0.4 is 0 Å². The molecular formula is C10H17NO4S. The topological polar surface area (TPSA) is 74.7 Å². The summed E-state index contributed by atoms with van der Waals surface area (Å²) in [4.78, 5) is 13.5. The first-order chi connectivity index (χ1) is 7.54. The number of likely N-dealkylation sites (tertiary alicyclic amines) is 1. The number of nitrogens with zero attached hydrogens (tertiary/aromatic N) is 1. The summed E-state index contributed by atoms with van der Waals surface area (Å²) in [5, 5.41) is 8.02. The van der Waals surface area contributed by atoms with Crippen LogP contribution in [0.1, 0.15) is 19.3 Å². The molecule has 2 fully saturated rings. The van der Waals surface area contributed by atoms with Gasteiger partial charge in [-0.25, -0.2) is 8.42 Å². The summed E-state index contributed by atoms with van der Waals surface area (Å²) in [6, 6.07) is 0. The average Bonchev–Trinajstić information content (AvgIpc) is 2.15. The fourth-order valence-corrected chi connectivity index (χ4v) is 4.17. The largest absolute Gasteiger partial charge is 0.396 e. The first-order valence-electron chi connectivity index (χ1n) is 5.66. The molecule has 0 bridgehead atoms. The lowest BCUT2D eigenvalue weighted by atomic mass is 10.0. The Hall–Kier alpha value is -0.620. The molecule has 2 saturated heterocycles. The standard InChI is InChI=1S/C10H17NO4S/c12-7-8-5-11(6-8)10(13)9-3-1-2-4-16(9,14)15/h8-9,12H,1-7H2. The van der Waals surface area contributed by atoms with Gasteiger partial charge < -0.3 is 10.0 Å². The van der Waals surface area contributed by atoms with Crippen molar-refractivity contribution in [3.05, 3.63) is 0 Å². The van der Waals surface area contributed by atoms with Crippen molar-refractivity contribution in [3.8, 4) is 0 Å². The highest BCUT2D eigenvalue weighted by Crippen LogP contribution is 2.24. The minimum Gasteiger partial charge on any atom is -0.396 e. The molecule has 0 aliphatic carbocycles. The molecule has 0 spiro atoms. The molecule has 0 saturated carbocycles. The monoisotopic (exact) mass is 247 g/mol. The second kappa shape index (κ2) is 4.33. The average molecular weight is 247 g/mol. The van der Waals surface area contributed by atoms with Crippen molar-refractivity contribution in [2.75, 3.05) is 25.4 Å². The van der Waals surface area contributed by atoms with Gasteiger partial charge in [-0.3, -0.25) is 4.79 Å². The Labute approximate surface area is 95.4 Å². The maximum atomic E-state index is 11.9. The number of carbonyl (C=O) groups excluding carboxylic acids is 1. The van der Waals surface area contributed by atoms with E-state index in [9.17, 15) is 13.2 Å². The Morgan fingerprint density at radius 2 is 2.00 bits per heavy atom. The first-order valence-corrected chi connectivity index (χ1v) is 7.37. The SMILES string of the molecule is O=C(C1CCCCS1(=O)=O)N1CC(CO)C1. The van der Waals surface area contributed by atoms with E-state index in [0.29, 0.717) is 25.9 Å². The van der Waals surface area contributed by atoms with Crippen LogP contribution in [0.5, 0.6) is 0 Å². The third-order valence-electron chi connectivity index (χ3n) is 3.38. The van der Waals surface area contributed by atoms with Crippen molar-refractivity contribution < 1.29 is 18.3 Å². The number of aliphatic hydroxyl groups is 1. The predicted octanol–water partition coefficient (Wildman–Crippen LogP) is -0.596. The molecule has 2 aliphatic rings. The zero-order chi connectivity index (χ0) is 11.8. The lowest BCUT2D eigenvalue weighted by molar-refractivity contribution is -0.138. The molecule has 1 unspecified atom stereocenters. The van der Waals surface area contributed by atoms with Crippen LogP contribution in [0.2, 0.25) is 0 Å². The van der Waals surface area contributed by atoms with Crippen LogP contribution in [0.4, 0.5) is 0 Å². The molecule has 0 aromatic carbocycles. The van der Waals surface area contributed by atoms with E-state index in [-0.39, 0.29) is 24.2 Å². The number of rotatable bonds is 2. The van der Waals surface area contributed by atoms with Gasteiger partial charge >= 0.3 is 0 Å². The number of hydrogen-bond donors (Lipinski definition) is 1. The third-order valence-corrected chi connectivity index (χ3v) is 5.54. The van der Waals surface area contributed by atoms with Crippen LogP contribution in [-0.4, -0.2) is 55.0 Å². The van der Waals surface area contributed by atoms with E-state index in [4.69, 9.17) is 5.11 Å². The van der Waals surface area contributed by atoms with Crippen LogP contribution >= 0.6 is 0 Å². The molecule has 0 aromatic heterocycles. The van der Waals surface area contributed by atoms with E-state index in [2.05, 4.69) is 0 Å². The minimum absolute atomic E-state index is 0.0706. The van der Waals surface area contributed by atoms with Crippen molar-refractivity contribution >= 4 is 15.7 Å². The van der Waals surface area contributed by atoms with E-state index in [0.717, 1.165) is 6.42 Å². The zero-order valence-electron chi connectivity index (χ0n) is 9.13. The molecule has 2 heterocycles. The fourth-order valence-electron chi connectivity index (χ4n) is 2.30. The molecule has 1 N–H and O–H groups in total. The normalized spacial score (nSPS) is 29.8. The molecule has 5 nitrogen and oxygen atoms in total. The maximum Gasteiger partial charge on any atom is 0.240 e. The summed E-state index contributed by atoms with van der Waals surface area (Å²) in [5.74, 6) is 0.0142. The number of hydrogen-bond acceptors (Lipinski definition) is 4. The van der Waals surface area contributed by atoms with Crippen molar-refractivity contribution in [3.63, 3.8) is 0 Å². The van der Waals surface area contributed by atoms with Gasteiger partial charge in [-0.15, -0.1) is 0 Å². The van der Waals surface area contributed by atoms with Crippen LogP contribution in [-0.2, 0) is 14.6 Å². The third kappa shape index (κ3) is 2.08. The molecular weight excluding hydrogens is 230 g/mol. The molecule has 6 heteroatoms. The second-order valence-electron chi connectivity index (χ2n) is 4.64. The Balaban J connectivity index is 1.99. The smallest absolute Gasteiger partial charge is 0.240 e. The molecule has 1 amide bonds. The summed E-state index contributed by atoms with van der Waals surface area (Å²) < 4.78 is 23.4. The first kappa shape index (κ1) is 11.9. The summed E-state index contributed by atoms with van der Waals surface area (Å²) in [5.41, 5.74) is 0. The van der Waals surface area contributed by atoms with Gasteiger partial charge in [0.15, 0.2) is 9.84 Å². The highest BCUT2D eigenvalue weighted by molar-refractivity contribution is 7.92. The molecule has 0 radical (unpaired) electrons. The Bertz CT molecular complexity index is 372.